The maximum Gasteiger partial charge on any atom is 0.224 e. The molecule has 2 rings (SSSR count). The average Bonchev–Trinajstić information content (AvgIpc) is 2.81. The number of carbonyl (C=O) groups is 1. The number of hydrogen-bond acceptors (Lipinski definition) is 3. The maximum absolute atomic E-state index is 11.8. The van der Waals surface area contributed by atoms with Gasteiger partial charge in [-0.1, -0.05) is 0 Å². The van der Waals surface area contributed by atoms with Crippen LogP contribution in [0.25, 0.3) is 0 Å². The van der Waals surface area contributed by atoms with Gasteiger partial charge in [0.25, 0.3) is 0 Å². The molecule has 0 radical (unpaired) electrons. The molecular formula is C12H22N2O2. The Morgan fingerprint density at radius 1 is 1.25 bits per heavy atom. The summed E-state index contributed by atoms with van der Waals surface area (Å²) < 4.78 is 0. The summed E-state index contributed by atoms with van der Waals surface area (Å²) in [7, 11) is 0. The van der Waals surface area contributed by atoms with Crippen LogP contribution in [0.3, 0.4) is 0 Å². The summed E-state index contributed by atoms with van der Waals surface area (Å²) in [5.41, 5.74) is 0. The first-order valence-electron chi connectivity index (χ1n) is 6.42. The fourth-order valence-electron chi connectivity index (χ4n) is 2.62. The fraction of sp³-hybridized carbons (Fsp3) is 0.917. The standard InChI is InChI=1S/C12H22N2O2/c15-11-3-1-9(2-4-11)7-14-12(16)10-5-6-13-8-10/h9-11,13,15H,1-8H2,(H,14,16). The van der Waals surface area contributed by atoms with Gasteiger partial charge in [0, 0.05) is 13.1 Å². The fourth-order valence-corrected chi connectivity index (χ4v) is 2.62. The molecule has 1 unspecified atom stereocenters. The van der Waals surface area contributed by atoms with Gasteiger partial charge in [-0.3, -0.25) is 4.79 Å². The van der Waals surface area contributed by atoms with Crippen LogP contribution < -0.4 is 10.6 Å². The first-order chi connectivity index (χ1) is 7.75. The van der Waals surface area contributed by atoms with Crippen molar-refractivity contribution in [3.63, 3.8) is 0 Å². The second-order valence-corrected chi connectivity index (χ2v) is 5.11. The largest absolute Gasteiger partial charge is 0.393 e. The lowest BCUT2D eigenvalue weighted by Gasteiger charge is -2.25. The quantitative estimate of drug-likeness (QED) is 0.647. The Bertz CT molecular complexity index is 231. The number of carbonyl (C=O) groups excluding carboxylic acids is 1. The number of amides is 1. The molecule has 0 aromatic carbocycles. The van der Waals surface area contributed by atoms with Crippen LogP contribution in [0.4, 0.5) is 0 Å². The molecule has 1 aliphatic carbocycles. The van der Waals surface area contributed by atoms with Crippen LogP contribution in [-0.4, -0.2) is 36.8 Å². The Morgan fingerprint density at radius 2 is 2.00 bits per heavy atom. The van der Waals surface area contributed by atoms with Crippen molar-refractivity contribution in [1.29, 1.82) is 0 Å². The molecule has 2 aliphatic rings. The van der Waals surface area contributed by atoms with Crippen molar-refractivity contribution in [3.05, 3.63) is 0 Å². The summed E-state index contributed by atoms with van der Waals surface area (Å²) in [6.07, 6.45) is 4.74. The lowest BCUT2D eigenvalue weighted by atomic mass is 9.87. The molecule has 4 heteroatoms. The summed E-state index contributed by atoms with van der Waals surface area (Å²) in [5, 5.41) is 15.6. The minimum atomic E-state index is -0.106. The molecule has 1 heterocycles. The molecule has 1 atom stereocenters. The topological polar surface area (TPSA) is 61.4 Å². The van der Waals surface area contributed by atoms with E-state index in [0.29, 0.717) is 5.92 Å². The van der Waals surface area contributed by atoms with Crippen LogP contribution in [-0.2, 0) is 4.79 Å². The number of aliphatic hydroxyl groups excluding tert-OH is 1. The minimum absolute atomic E-state index is 0.106. The van der Waals surface area contributed by atoms with Gasteiger partial charge in [-0.15, -0.1) is 0 Å². The molecular weight excluding hydrogens is 204 g/mol. The average molecular weight is 226 g/mol. The lowest BCUT2D eigenvalue weighted by molar-refractivity contribution is -0.124. The van der Waals surface area contributed by atoms with Gasteiger partial charge in [-0.2, -0.15) is 0 Å². The molecule has 3 N–H and O–H groups in total. The van der Waals surface area contributed by atoms with Gasteiger partial charge in [0.05, 0.1) is 12.0 Å². The van der Waals surface area contributed by atoms with Crippen LogP contribution in [0.2, 0.25) is 0 Å². The van der Waals surface area contributed by atoms with Crippen LogP contribution in [0, 0.1) is 11.8 Å². The van der Waals surface area contributed by atoms with Crippen molar-refractivity contribution in [1.82, 2.24) is 10.6 Å². The Hall–Kier alpha value is -0.610. The SMILES string of the molecule is O=C(NCC1CCC(O)CC1)C1CCNC1. The van der Waals surface area contributed by atoms with Crippen molar-refractivity contribution >= 4 is 5.91 Å². The predicted octanol–water partition coefficient (Wildman–Crippen LogP) is 0.263. The Balaban J connectivity index is 1.65. The molecule has 2 fully saturated rings. The molecule has 0 aromatic rings. The molecule has 1 aliphatic heterocycles. The normalized spacial score (nSPS) is 34.9. The van der Waals surface area contributed by atoms with E-state index in [1.807, 2.05) is 0 Å². The predicted molar refractivity (Wildman–Crippen MR) is 62.0 cm³/mol. The van der Waals surface area contributed by atoms with E-state index < -0.39 is 0 Å². The van der Waals surface area contributed by atoms with Crippen LogP contribution in [0.15, 0.2) is 0 Å². The van der Waals surface area contributed by atoms with Crippen LogP contribution in [0.1, 0.15) is 32.1 Å². The summed E-state index contributed by atoms with van der Waals surface area (Å²) in [6, 6.07) is 0. The lowest BCUT2D eigenvalue weighted by Crippen LogP contribution is -2.36. The first kappa shape index (κ1) is 11.9. The maximum atomic E-state index is 11.8. The highest BCUT2D eigenvalue weighted by molar-refractivity contribution is 5.79. The zero-order valence-corrected chi connectivity index (χ0v) is 9.74. The van der Waals surface area contributed by atoms with Crippen LogP contribution in [0.5, 0.6) is 0 Å². The molecule has 1 amide bonds. The molecule has 16 heavy (non-hydrogen) atoms. The van der Waals surface area contributed by atoms with Crippen molar-refractivity contribution in [3.8, 4) is 0 Å². The third-order valence-electron chi connectivity index (χ3n) is 3.81. The zero-order valence-electron chi connectivity index (χ0n) is 9.74. The highest BCUT2D eigenvalue weighted by Gasteiger charge is 2.24. The van der Waals surface area contributed by atoms with Gasteiger partial charge in [-0.05, 0) is 44.6 Å². The van der Waals surface area contributed by atoms with Crippen molar-refractivity contribution in [2.75, 3.05) is 19.6 Å². The summed E-state index contributed by atoms with van der Waals surface area (Å²) in [4.78, 5) is 11.8. The minimum Gasteiger partial charge on any atom is -0.393 e. The Kier molecular flexibility index (Phi) is 4.18. The molecule has 92 valence electrons. The molecule has 0 spiro atoms. The van der Waals surface area contributed by atoms with Gasteiger partial charge in [0.1, 0.15) is 0 Å². The second kappa shape index (κ2) is 5.64. The van der Waals surface area contributed by atoms with Gasteiger partial charge in [0.15, 0.2) is 0 Å². The second-order valence-electron chi connectivity index (χ2n) is 5.11. The Labute approximate surface area is 96.8 Å². The highest BCUT2D eigenvalue weighted by Crippen LogP contribution is 2.23. The monoisotopic (exact) mass is 226 g/mol. The van der Waals surface area contributed by atoms with Crippen molar-refractivity contribution in [2.24, 2.45) is 11.8 Å². The molecule has 1 saturated heterocycles. The summed E-state index contributed by atoms with van der Waals surface area (Å²) in [5.74, 6) is 0.951. The number of rotatable bonds is 3. The molecule has 4 nitrogen and oxygen atoms in total. The highest BCUT2D eigenvalue weighted by atomic mass is 16.3. The van der Waals surface area contributed by atoms with E-state index >= 15 is 0 Å². The summed E-state index contributed by atoms with van der Waals surface area (Å²) >= 11 is 0. The Morgan fingerprint density at radius 3 is 2.62 bits per heavy atom. The molecule has 1 saturated carbocycles. The van der Waals surface area contributed by atoms with E-state index in [0.717, 1.165) is 51.7 Å². The van der Waals surface area contributed by atoms with Crippen LogP contribution >= 0.6 is 0 Å². The third kappa shape index (κ3) is 3.19. The van der Waals surface area contributed by atoms with E-state index in [2.05, 4.69) is 10.6 Å². The smallest absolute Gasteiger partial charge is 0.224 e. The number of hydrogen-bond donors (Lipinski definition) is 3. The van der Waals surface area contributed by atoms with Gasteiger partial charge in [0.2, 0.25) is 5.91 Å². The van der Waals surface area contributed by atoms with Gasteiger partial charge < -0.3 is 15.7 Å². The number of nitrogens with one attached hydrogen (secondary N) is 2. The zero-order chi connectivity index (χ0) is 11.4. The van der Waals surface area contributed by atoms with E-state index in [-0.39, 0.29) is 17.9 Å². The van der Waals surface area contributed by atoms with E-state index in [4.69, 9.17) is 0 Å². The summed E-state index contributed by atoms with van der Waals surface area (Å²) in [6.45, 7) is 2.59. The van der Waals surface area contributed by atoms with Crippen molar-refractivity contribution in [2.45, 2.75) is 38.2 Å². The third-order valence-corrected chi connectivity index (χ3v) is 3.81. The molecule has 0 bridgehead atoms. The van der Waals surface area contributed by atoms with E-state index in [9.17, 15) is 9.90 Å². The first-order valence-corrected chi connectivity index (χ1v) is 6.42. The van der Waals surface area contributed by atoms with Gasteiger partial charge >= 0.3 is 0 Å². The number of aliphatic hydroxyl groups is 1. The van der Waals surface area contributed by atoms with Crippen molar-refractivity contribution < 1.29 is 9.90 Å². The van der Waals surface area contributed by atoms with Gasteiger partial charge in [-0.25, -0.2) is 0 Å². The van der Waals surface area contributed by atoms with E-state index in [1.54, 1.807) is 0 Å². The van der Waals surface area contributed by atoms with E-state index in [1.165, 1.54) is 0 Å². The molecule has 0 aromatic heterocycles.